The molecule has 5 heteroatoms. The first-order chi connectivity index (χ1) is 5.82. The molecule has 0 amide bonds. The minimum atomic E-state index is -3.66. The van der Waals surface area contributed by atoms with Crippen LogP contribution in [0, 0.1) is 13.8 Å². The highest BCUT2D eigenvalue weighted by atomic mass is 35.7. The van der Waals surface area contributed by atoms with Gasteiger partial charge in [-0.05, 0) is 37.1 Å². The van der Waals surface area contributed by atoms with Crippen molar-refractivity contribution in [1.82, 2.24) is 0 Å². The third kappa shape index (κ3) is 2.14. The number of halogens is 1. The third-order valence-corrected chi connectivity index (χ3v) is 3.32. The normalized spacial score (nSPS) is 11.6. The monoisotopic (exact) mass is 219 g/mol. The predicted octanol–water partition coefficient (Wildman–Crippen LogP) is 1.81. The Balaban J connectivity index is 3.57. The highest BCUT2D eigenvalue weighted by Gasteiger charge is 2.16. The minimum absolute atomic E-state index is 0.156. The van der Waals surface area contributed by atoms with Crippen LogP contribution in [0.4, 0.5) is 5.69 Å². The van der Waals surface area contributed by atoms with Gasteiger partial charge in [-0.15, -0.1) is 0 Å². The minimum Gasteiger partial charge on any atom is -0.399 e. The van der Waals surface area contributed by atoms with E-state index in [9.17, 15) is 8.42 Å². The van der Waals surface area contributed by atoms with Gasteiger partial charge in [-0.1, -0.05) is 0 Å². The molecule has 0 unspecified atom stereocenters. The zero-order chi connectivity index (χ0) is 10.2. The maximum atomic E-state index is 11.1. The van der Waals surface area contributed by atoms with E-state index in [-0.39, 0.29) is 4.90 Å². The molecular weight excluding hydrogens is 210 g/mol. The van der Waals surface area contributed by atoms with Gasteiger partial charge in [0.25, 0.3) is 9.05 Å². The van der Waals surface area contributed by atoms with Gasteiger partial charge in [0.15, 0.2) is 0 Å². The van der Waals surface area contributed by atoms with Crippen LogP contribution in [-0.2, 0) is 9.05 Å². The molecule has 0 aromatic heterocycles. The summed E-state index contributed by atoms with van der Waals surface area (Å²) in [6, 6.07) is 3.17. The quantitative estimate of drug-likeness (QED) is 0.579. The molecule has 0 spiro atoms. The van der Waals surface area contributed by atoms with Gasteiger partial charge >= 0.3 is 0 Å². The van der Waals surface area contributed by atoms with Crippen LogP contribution in [-0.4, -0.2) is 8.42 Å². The molecule has 1 aromatic rings. The maximum absolute atomic E-state index is 11.1. The Morgan fingerprint density at radius 3 is 1.92 bits per heavy atom. The molecule has 0 aliphatic heterocycles. The summed E-state index contributed by atoms with van der Waals surface area (Å²) in [4.78, 5) is 0.156. The summed E-state index contributed by atoms with van der Waals surface area (Å²) >= 11 is 0. The molecule has 0 saturated heterocycles. The van der Waals surface area contributed by atoms with Gasteiger partial charge in [-0.25, -0.2) is 8.42 Å². The summed E-state index contributed by atoms with van der Waals surface area (Å²) in [5.74, 6) is 0. The molecule has 2 N–H and O–H groups in total. The number of benzene rings is 1. The molecule has 72 valence electrons. The number of nitrogens with two attached hydrogens (primary N) is 1. The Morgan fingerprint density at radius 1 is 1.23 bits per heavy atom. The lowest BCUT2D eigenvalue weighted by molar-refractivity contribution is 0.608. The molecule has 0 atom stereocenters. The number of rotatable bonds is 1. The van der Waals surface area contributed by atoms with E-state index in [0.29, 0.717) is 16.8 Å². The number of nitrogen functional groups attached to an aromatic ring is 1. The van der Waals surface area contributed by atoms with E-state index in [2.05, 4.69) is 0 Å². The summed E-state index contributed by atoms with van der Waals surface area (Å²) in [6.45, 7) is 3.33. The smallest absolute Gasteiger partial charge is 0.261 e. The van der Waals surface area contributed by atoms with Crippen LogP contribution < -0.4 is 5.73 Å². The molecule has 13 heavy (non-hydrogen) atoms. The molecule has 0 radical (unpaired) electrons. The molecular formula is C8H10ClNO2S. The topological polar surface area (TPSA) is 60.2 Å². The highest BCUT2D eigenvalue weighted by molar-refractivity contribution is 8.13. The molecule has 0 aliphatic carbocycles. The van der Waals surface area contributed by atoms with Crippen LogP contribution in [0.1, 0.15) is 11.1 Å². The Bertz CT molecular complexity index is 416. The summed E-state index contributed by atoms with van der Waals surface area (Å²) in [6.07, 6.45) is 0. The van der Waals surface area contributed by atoms with Crippen LogP contribution in [0.2, 0.25) is 0 Å². The van der Waals surface area contributed by atoms with Crippen molar-refractivity contribution in [2.24, 2.45) is 0 Å². The second-order valence-corrected chi connectivity index (χ2v) is 5.42. The fourth-order valence-electron chi connectivity index (χ4n) is 1.37. The van der Waals surface area contributed by atoms with Gasteiger partial charge in [0.2, 0.25) is 0 Å². The zero-order valence-corrected chi connectivity index (χ0v) is 8.91. The highest BCUT2D eigenvalue weighted by Crippen LogP contribution is 2.25. The second-order valence-electron chi connectivity index (χ2n) is 2.92. The number of hydrogen-bond donors (Lipinski definition) is 1. The van der Waals surface area contributed by atoms with Gasteiger partial charge in [-0.3, -0.25) is 0 Å². The molecule has 3 nitrogen and oxygen atoms in total. The van der Waals surface area contributed by atoms with Gasteiger partial charge in [0.05, 0.1) is 4.90 Å². The van der Waals surface area contributed by atoms with E-state index < -0.39 is 9.05 Å². The Labute approximate surface area is 81.9 Å². The van der Waals surface area contributed by atoms with Gasteiger partial charge in [-0.2, -0.15) is 0 Å². The first kappa shape index (κ1) is 10.3. The molecule has 0 fully saturated rings. The lowest BCUT2D eigenvalue weighted by Gasteiger charge is -2.06. The van der Waals surface area contributed by atoms with E-state index in [0.717, 1.165) is 0 Å². The first-order valence-corrected chi connectivity index (χ1v) is 5.94. The lowest BCUT2D eigenvalue weighted by atomic mass is 10.1. The molecule has 0 saturated carbocycles. The molecule has 0 aliphatic rings. The van der Waals surface area contributed by atoms with Crippen molar-refractivity contribution < 1.29 is 8.42 Å². The van der Waals surface area contributed by atoms with Crippen LogP contribution in [0.3, 0.4) is 0 Å². The standard InChI is InChI=1S/C8H10ClNO2S/c1-5-3-7(10)4-6(2)8(5)13(9,11)12/h3-4H,10H2,1-2H3. The molecule has 1 rings (SSSR count). The Hall–Kier alpha value is -0.740. The zero-order valence-electron chi connectivity index (χ0n) is 7.33. The van der Waals surface area contributed by atoms with Gasteiger partial charge in [0, 0.05) is 16.4 Å². The fourth-order valence-corrected chi connectivity index (χ4v) is 2.99. The van der Waals surface area contributed by atoms with Crippen molar-refractivity contribution in [2.45, 2.75) is 18.7 Å². The van der Waals surface area contributed by atoms with Crippen LogP contribution >= 0.6 is 10.7 Å². The Morgan fingerprint density at radius 2 is 1.62 bits per heavy atom. The van der Waals surface area contributed by atoms with Crippen molar-refractivity contribution >= 4 is 25.4 Å². The van der Waals surface area contributed by atoms with E-state index in [1.165, 1.54) is 0 Å². The van der Waals surface area contributed by atoms with Crippen molar-refractivity contribution in [2.75, 3.05) is 5.73 Å². The maximum Gasteiger partial charge on any atom is 0.261 e. The average Bonchev–Trinajstić information content (AvgIpc) is 1.78. The summed E-state index contributed by atoms with van der Waals surface area (Å²) in [5, 5.41) is 0. The summed E-state index contributed by atoms with van der Waals surface area (Å²) in [5.41, 5.74) is 7.23. The van der Waals surface area contributed by atoms with E-state index in [4.69, 9.17) is 16.4 Å². The summed E-state index contributed by atoms with van der Waals surface area (Å²) < 4.78 is 22.2. The second kappa shape index (κ2) is 3.20. The lowest BCUT2D eigenvalue weighted by Crippen LogP contribution is -1.99. The first-order valence-electron chi connectivity index (χ1n) is 3.64. The Kier molecular flexibility index (Phi) is 2.54. The van der Waals surface area contributed by atoms with Crippen molar-refractivity contribution in [3.05, 3.63) is 23.3 Å². The third-order valence-electron chi connectivity index (χ3n) is 1.73. The number of hydrogen-bond acceptors (Lipinski definition) is 3. The van der Waals surface area contributed by atoms with Gasteiger partial charge in [0.1, 0.15) is 0 Å². The predicted molar refractivity (Wildman–Crippen MR) is 53.4 cm³/mol. The molecule has 1 aromatic carbocycles. The SMILES string of the molecule is Cc1cc(N)cc(C)c1S(=O)(=O)Cl. The number of aryl methyl sites for hydroxylation is 2. The van der Waals surface area contributed by atoms with Gasteiger partial charge < -0.3 is 5.73 Å². The van der Waals surface area contributed by atoms with Crippen molar-refractivity contribution in [3.63, 3.8) is 0 Å². The summed E-state index contributed by atoms with van der Waals surface area (Å²) in [7, 11) is 1.59. The van der Waals surface area contributed by atoms with E-state index in [1.54, 1.807) is 26.0 Å². The fraction of sp³-hybridized carbons (Fsp3) is 0.250. The largest absolute Gasteiger partial charge is 0.399 e. The van der Waals surface area contributed by atoms with Crippen LogP contribution in [0.25, 0.3) is 0 Å². The van der Waals surface area contributed by atoms with Crippen molar-refractivity contribution in [1.29, 1.82) is 0 Å². The van der Waals surface area contributed by atoms with Crippen LogP contribution in [0.5, 0.6) is 0 Å². The van der Waals surface area contributed by atoms with E-state index >= 15 is 0 Å². The van der Waals surface area contributed by atoms with E-state index in [1.807, 2.05) is 0 Å². The number of anilines is 1. The molecule has 0 heterocycles. The average molecular weight is 220 g/mol. The van der Waals surface area contributed by atoms with Crippen molar-refractivity contribution in [3.8, 4) is 0 Å². The van der Waals surface area contributed by atoms with Crippen LogP contribution in [0.15, 0.2) is 17.0 Å². The molecule has 0 bridgehead atoms.